The molecule has 0 rings (SSSR count). The van der Waals surface area contributed by atoms with Gasteiger partial charge in [-0.15, -0.1) is 0 Å². The quantitative estimate of drug-likeness (QED) is 0.581. The molecular weight excluding hydrogens is 140 g/mol. The van der Waals surface area contributed by atoms with E-state index in [1.165, 1.54) is 7.05 Å². The summed E-state index contributed by atoms with van der Waals surface area (Å²) >= 11 is 0. The van der Waals surface area contributed by atoms with Crippen molar-refractivity contribution in [3.8, 4) is 0 Å². The zero-order valence-electron chi connectivity index (χ0n) is 5.83. The lowest BCUT2D eigenvalue weighted by atomic mass is 10.4. The van der Waals surface area contributed by atoms with Crippen LogP contribution in [-0.2, 0) is 10.2 Å². The predicted molar refractivity (Wildman–Crippen MR) is 36.0 cm³/mol. The minimum absolute atomic E-state index is 0.0694. The van der Waals surface area contributed by atoms with Crippen molar-refractivity contribution in [3.63, 3.8) is 0 Å². The molecule has 0 radical (unpaired) electrons. The molecule has 0 fully saturated rings. The molecule has 56 valence electrons. The SMILES string of the molecule is CC(C)N(C)S(N)(=O)=O. The lowest BCUT2D eigenvalue weighted by Crippen LogP contribution is -2.37. The van der Waals surface area contributed by atoms with Crippen LogP contribution in [0.2, 0.25) is 0 Å². The standard InChI is InChI=1S/C4H12N2O2S/c1-4(2)6(3)9(5,7)8/h4H,1-3H3,(H2,5,7,8). The molecule has 4 nitrogen and oxygen atoms in total. The van der Waals surface area contributed by atoms with Crippen LogP contribution in [0, 0.1) is 0 Å². The van der Waals surface area contributed by atoms with Gasteiger partial charge in [0.1, 0.15) is 0 Å². The molecular formula is C4H12N2O2S. The Balaban J connectivity index is 4.24. The van der Waals surface area contributed by atoms with E-state index in [-0.39, 0.29) is 6.04 Å². The molecule has 0 amide bonds. The summed E-state index contributed by atoms with van der Waals surface area (Å²) in [5.74, 6) is 0. The van der Waals surface area contributed by atoms with E-state index in [4.69, 9.17) is 5.14 Å². The Morgan fingerprint density at radius 3 is 1.78 bits per heavy atom. The van der Waals surface area contributed by atoms with Gasteiger partial charge in [0.2, 0.25) is 0 Å². The number of hydrogen-bond acceptors (Lipinski definition) is 2. The summed E-state index contributed by atoms with van der Waals surface area (Å²) in [5.41, 5.74) is 0. The first kappa shape index (κ1) is 8.87. The summed E-state index contributed by atoms with van der Waals surface area (Å²) in [4.78, 5) is 0. The van der Waals surface area contributed by atoms with Crippen LogP contribution in [0.3, 0.4) is 0 Å². The maximum atomic E-state index is 10.5. The smallest absolute Gasteiger partial charge is 0.216 e. The molecule has 0 aromatic heterocycles. The van der Waals surface area contributed by atoms with Gasteiger partial charge in [-0.3, -0.25) is 0 Å². The zero-order chi connectivity index (χ0) is 7.65. The van der Waals surface area contributed by atoms with Crippen LogP contribution >= 0.6 is 0 Å². The van der Waals surface area contributed by atoms with Crippen molar-refractivity contribution in [1.29, 1.82) is 0 Å². The van der Waals surface area contributed by atoms with Crippen molar-refractivity contribution in [3.05, 3.63) is 0 Å². The fourth-order valence-corrected chi connectivity index (χ4v) is 0.882. The highest BCUT2D eigenvalue weighted by atomic mass is 32.2. The first-order valence-corrected chi connectivity index (χ1v) is 4.11. The molecule has 2 N–H and O–H groups in total. The molecule has 0 bridgehead atoms. The second-order valence-electron chi connectivity index (χ2n) is 2.15. The second kappa shape index (κ2) is 2.64. The topological polar surface area (TPSA) is 63.4 Å². The third kappa shape index (κ3) is 2.78. The Morgan fingerprint density at radius 2 is 1.78 bits per heavy atom. The van der Waals surface area contributed by atoms with E-state index < -0.39 is 10.2 Å². The molecule has 0 aliphatic rings. The lowest BCUT2D eigenvalue weighted by Gasteiger charge is -2.16. The van der Waals surface area contributed by atoms with Crippen LogP contribution in [-0.4, -0.2) is 25.8 Å². The van der Waals surface area contributed by atoms with E-state index in [1.807, 2.05) is 0 Å². The fourth-order valence-electron chi connectivity index (χ4n) is 0.294. The molecule has 0 aromatic rings. The van der Waals surface area contributed by atoms with Gasteiger partial charge in [-0.05, 0) is 13.8 Å². The Labute approximate surface area is 55.8 Å². The monoisotopic (exact) mass is 152 g/mol. The van der Waals surface area contributed by atoms with Crippen molar-refractivity contribution < 1.29 is 8.42 Å². The van der Waals surface area contributed by atoms with Gasteiger partial charge in [0.25, 0.3) is 10.2 Å². The van der Waals surface area contributed by atoms with Gasteiger partial charge in [0, 0.05) is 13.1 Å². The van der Waals surface area contributed by atoms with E-state index in [0.717, 1.165) is 4.31 Å². The van der Waals surface area contributed by atoms with Crippen molar-refractivity contribution in [2.45, 2.75) is 19.9 Å². The van der Waals surface area contributed by atoms with Crippen LogP contribution in [0.4, 0.5) is 0 Å². The number of rotatable bonds is 2. The zero-order valence-corrected chi connectivity index (χ0v) is 6.64. The van der Waals surface area contributed by atoms with E-state index in [9.17, 15) is 8.42 Å². The van der Waals surface area contributed by atoms with Gasteiger partial charge in [-0.1, -0.05) is 0 Å². The van der Waals surface area contributed by atoms with Crippen LogP contribution < -0.4 is 5.14 Å². The third-order valence-corrected chi connectivity index (χ3v) is 2.35. The summed E-state index contributed by atoms with van der Waals surface area (Å²) < 4.78 is 22.1. The van der Waals surface area contributed by atoms with Gasteiger partial charge in [-0.2, -0.15) is 12.7 Å². The van der Waals surface area contributed by atoms with Gasteiger partial charge >= 0.3 is 0 Å². The van der Waals surface area contributed by atoms with E-state index in [0.29, 0.717) is 0 Å². The van der Waals surface area contributed by atoms with Crippen molar-refractivity contribution in [2.24, 2.45) is 5.14 Å². The van der Waals surface area contributed by atoms with Crippen molar-refractivity contribution in [1.82, 2.24) is 4.31 Å². The molecule has 0 atom stereocenters. The normalized spacial score (nSPS) is 13.1. The molecule has 9 heavy (non-hydrogen) atoms. The third-order valence-electron chi connectivity index (χ3n) is 1.13. The second-order valence-corrected chi connectivity index (χ2v) is 3.76. The first-order valence-electron chi connectivity index (χ1n) is 2.61. The highest BCUT2D eigenvalue weighted by Gasteiger charge is 2.13. The maximum Gasteiger partial charge on any atom is 0.276 e. The van der Waals surface area contributed by atoms with Crippen LogP contribution in [0.25, 0.3) is 0 Å². The van der Waals surface area contributed by atoms with Crippen LogP contribution in [0.15, 0.2) is 0 Å². The Morgan fingerprint density at radius 1 is 1.44 bits per heavy atom. The molecule has 0 heterocycles. The summed E-state index contributed by atoms with van der Waals surface area (Å²) in [6, 6.07) is -0.0694. The van der Waals surface area contributed by atoms with Gasteiger partial charge in [-0.25, -0.2) is 5.14 Å². The maximum absolute atomic E-state index is 10.5. The highest BCUT2D eigenvalue weighted by Crippen LogP contribution is 1.95. The fraction of sp³-hybridized carbons (Fsp3) is 1.00. The van der Waals surface area contributed by atoms with Gasteiger partial charge in [0.05, 0.1) is 0 Å². The lowest BCUT2D eigenvalue weighted by molar-refractivity contribution is 0.411. The Bertz CT molecular complexity index is 173. The summed E-state index contributed by atoms with van der Waals surface area (Å²) in [5, 5.41) is 4.78. The number of nitrogens with two attached hydrogens (primary N) is 1. The Hall–Kier alpha value is -0.130. The predicted octanol–water partition coefficient (Wildman–Crippen LogP) is -0.470. The largest absolute Gasteiger partial charge is 0.276 e. The summed E-state index contributed by atoms with van der Waals surface area (Å²) in [7, 11) is -2.02. The van der Waals surface area contributed by atoms with E-state index in [2.05, 4.69) is 0 Å². The summed E-state index contributed by atoms with van der Waals surface area (Å²) in [6.45, 7) is 3.51. The minimum Gasteiger partial charge on any atom is -0.216 e. The first-order chi connectivity index (χ1) is 3.85. The van der Waals surface area contributed by atoms with E-state index in [1.54, 1.807) is 13.8 Å². The average molecular weight is 152 g/mol. The Kier molecular flexibility index (Phi) is 2.60. The number of hydrogen-bond donors (Lipinski definition) is 1. The van der Waals surface area contributed by atoms with Gasteiger partial charge in [0.15, 0.2) is 0 Å². The molecule has 0 spiro atoms. The highest BCUT2D eigenvalue weighted by molar-refractivity contribution is 7.86. The van der Waals surface area contributed by atoms with Crippen LogP contribution in [0.1, 0.15) is 13.8 Å². The summed E-state index contributed by atoms with van der Waals surface area (Å²) in [6.07, 6.45) is 0. The molecule has 0 aliphatic heterocycles. The molecule has 0 aromatic carbocycles. The molecule has 0 saturated carbocycles. The molecule has 0 unspecified atom stereocenters. The molecule has 5 heteroatoms. The van der Waals surface area contributed by atoms with Crippen molar-refractivity contribution in [2.75, 3.05) is 7.05 Å². The average Bonchev–Trinajstić information content (AvgIpc) is 1.62. The minimum atomic E-state index is -3.47. The van der Waals surface area contributed by atoms with Gasteiger partial charge < -0.3 is 0 Å². The van der Waals surface area contributed by atoms with Crippen molar-refractivity contribution >= 4 is 10.2 Å². The molecule has 0 aliphatic carbocycles. The van der Waals surface area contributed by atoms with E-state index >= 15 is 0 Å². The molecule has 0 saturated heterocycles. The van der Waals surface area contributed by atoms with Crippen LogP contribution in [0.5, 0.6) is 0 Å². The number of nitrogens with zero attached hydrogens (tertiary/aromatic N) is 1.